The quantitative estimate of drug-likeness (QED) is 0.927. The normalized spacial score (nSPS) is 26.1. The summed E-state index contributed by atoms with van der Waals surface area (Å²) in [7, 11) is 0. The highest BCUT2D eigenvalue weighted by molar-refractivity contribution is 9.10. The third kappa shape index (κ3) is 2.15. The lowest BCUT2D eigenvalue weighted by atomic mass is 10.0. The Kier molecular flexibility index (Phi) is 3.35. The van der Waals surface area contributed by atoms with Crippen molar-refractivity contribution in [1.82, 2.24) is 4.90 Å². The molecule has 0 aliphatic carbocycles. The van der Waals surface area contributed by atoms with E-state index in [-0.39, 0.29) is 5.92 Å². The molecule has 0 spiro atoms. The summed E-state index contributed by atoms with van der Waals surface area (Å²) in [6, 6.07) is 1.43. The molecule has 0 radical (unpaired) electrons. The first kappa shape index (κ1) is 11.7. The van der Waals surface area contributed by atoms with Gasteiger partial charge in [-0.1, -0.05) is 6.92 Å². The summed E-state index contributed by atoms with van der Waals surface area (Å²) in [4.78, 5) is 13.1. The Labute approximate surface area is 102 Å². The molecule has 1 aliphatic rings. The Bertz CT molecular complexity index is 390. The second kappa shape index (κ2) is 4.59. The van der Waals surface area contributed by atoms with E-state index in [1.807, 2.05) is 17.9 Å². The van der Waals surface area contributed by atoms with Crippen molar-refractivity contribution < 1.29 is 14.3 Å². The number of carboxylic acid groups (broad SMARTS) is 1. The Balaban J connectivity index is 2.10. The lowest BCUT2D eigenvalue weighted by molar-refractivity contribution is -0.143. The molecular formula is C11H14BrNO3. The van der Waals surface area contributed by atoms with Crippen molar-refractivity contribution in [3.8, 4) is 0 Å². The number of rotatable bonds is 3. The van der Waals surface area contributed by atoms with Gasteiger partial charge in [0.25, 0.3) is 0 Å². The highest BCUT2D eigenvalue weighted by Gasteiger charge is 2.37. The molecule has 2 heterocycles. The fourth-order valence-electron chi connectivity index (χ4n) is 2.23. The van der Waals surface area contributed by atoms with E-state index < -0.39 is 12.0 Å². The first-order valence-electron chi connectivity index (χ1n) is 5.28. The van der Waals surface area contributed by atoms with E-state index in [0.29, 0.717) is 6.54 Å². The third-order valence-electron chi connectivity index (χ3n) is 3.09. The Morgan fingerprint density at radius 3 is 3.06 bits per heavy atom. The van der Waals surface area contributed by atoms with Gasteiger partial charge < -0.3 is 9.52 Å². The van der Waals surface area contributed by atoms with E-state index in [1.54, 1.807) is 6.26 Å². The topological polar surface area (TPSA) is 53.7 Å². The van der Waals surface area contributed by atoms with Gasteiger partial charge in [0.15, 0.2) is 0 Å². The standard InChI is InChI=1S/C11H14BrNO3/c1-7-2-4-13(10(7)11(14)15)6-9-8(12)3-5-16-9/h3,5,7,10H,2,4,6H2,1H3,(H,14,15). The average Bonchev–Trinajstić information content (AvgIpc) is 2.75. The Hall–Kier alpha value is -0.810. The van der Waals surface area contributed by atoms with Crippen LogP contribution in [0.4, 0.5) is 0 Å². The number of nitrogens with zero attached hydrogens (tertiary/aromatic N) is 1. The van der Waals surface area contributed by atoms with Crippen molar-refractivity contribution in [3.05, 3.63) is 22.6 Å². The molecule has 2 unspecified atom stereocenters. The van der Waals surface area contributed by atoms with Crippen molar-refractivity contribution in [2.45, 2.75) is 25.9 Å². The van der Waals surface area contributed by atoms with Crippen LogP contribution in [0.25, 0.3) is 0 Å². The fourth-order valence-corrected chi connectivity index (χ4v) is 2.55. The van der Waals surface area contributed by atoms with Crippen LogP contribution in [0.5, 0.6) is 0 Å². The molecule has 0 aromatic carbocycles. The van der Waals surface area contributed by atoms with Gasteiger partial charge in [-0.25, -0.2) is 0 Å². The van der Waals surface area contributed by atoms with E-state index in [0.717, 1.165) is 23.2 Å². The van der Waals surface area contributed by atoms with Gasteiger partial charge in [0, 0.05) is 0 Å². The molecule has 4 nitrogen and oxygen atoms in total. The zero-order valence-electron chi connectivity index (χ0n) is 9.02. The van der Waals surface area contributed by atoms with Crippen LogP contribution in [-0.4, -0.2) is 28.6 Å². The molecule has 16 heavy (non-hydrogen) atoms. The maximum Gasteiger partial charge on any atom is 0.321 e. The summed E-state index contributed by atoms with van der Waals surface area (Å²) >= 11 is 3.38. The molecule has 1 aromatic heterocycles. The molecule has 1 fully saturated rings. The number of hydrogen-bond donors (Lipinski definition) is 1. The number of halogens is 1. The molecule has 0 saturated carbocycles. The maximum absolute atomic E-state index is 11.2. The van der Waals surface area contributed by atoms with Gasteiger partial charge in [-0.3, -0.25) is 9.69 Å². The molecule has 1 aliphatic heterocycles. The number of carbonyl (C=O) groups is 1. The lowest BCUT2D eigenvalue weighted by Crippen LogP contribution is -2.38. The van der Waals surface area contributed by atoms with Crippen LogP contribution in [0, 0.1) is 5.92 Å². The predicted octanol–water partition coefficient (Wildman–Crippen LogP) is 2.34. The first-order valence-corrected chi connectivity index (χ1v) is 6.07. The molecular weight excluding hydrogens is 274 g/mol. The van der Waals surface area contributed by atoms with Crippen LogP contribution >= 0.6 is 15.9 Å². The number of carboxylic acids is 1. The molecule has 1 N–H and O–H groups in total. The van der Waals surface area contributed by atoms with Crippen molar-refractivity contribution >= 4 is 21.9 Å². The summed E-state index contributed by atoms with van der Waals surface area (Å²) < 4.78 is 6.21. The van der Waals surface area contributed by atoms with Gasteiger partial charge in [0.1, 0.15) is 11.8 Å². The van der Waals surface area contributed by atoms with Gasteiger partial charge in [0.2, 0.25) is 0 Å². The molecule has 2 rings (SSSR count). The summed E-state index contributed by atoms with van der Waals surface area (Å²) in [5.74, 6) is 0.249. The zero-order valence-corrected chi connectivity index (χ0v) is 10.6. The van der Waals surface area contributed by atoms with Crippen LogP contribution in [0.3, 0.4) is 0 Å². The number of furan rings is 1. The number of hydrogen-bond acceptors (Lipinski definition) is 3. The lowest BCUT2D eigenvalue weighted by Gasteiger charge is -2.22. The molecule has 1 saturated heterocycles. The summed E-state index contributed by atoms with van der Waals surface area (Å²) in [6.07, 6.45) is 2.53. The van der Waals surface area contributed by atoms with E-state index >= 15 is 0 Å². The van der Waals surface area contributed by atoms with E-state index in [9.17, 15) is 4.79 Å². The summed E-state index contributed by atoms with van der Waals surface area (Å²) in [5, 5.41) is 9.17. The van der Waals surface area contributed by atoms with Crippen LogP contribution in [-0.2, 0) is 11.3 Å². The zero-order chi connectivity index (χ0) is 11.7. The Morgan fingerprint density at radius 2 is 2.50 bits per heavy atom. The third-order valence-corrected chi connectivity index (χ3v) is 3.80. The van der Waals surface area contributed by atoms with E-state index in [4.69, 9.17) is 9.52 Å². The van der Waals surface area contributed by atoms with Gasteiger partial charge in [-0.2, -0.15) is 0 Å². The molecule has 88 valence electrons. The summed E-state index contributed by atoms with van der Waals surface area (Å²) in [5.41, 5.74) is 0. The monoisotopic (exact) mass is 287 g/mol. The second-order valence-electron chi connectivity index (χ2n) is 4.21. The second-order valence-corrected chi connectivity index (χ2v) is 5.07. The van der Waals surface area contributed by atoms with Crippen molar-refractivity contribution in [2.75, 3.05) is 6.54 Å². The molecule has 0 bridgehead atoms. The van der Waals surface area contributed by atoms with Crippen molar-refractivity contribution in [2.24, 2.45) is 5.92 Å². The van der Waals surface area contributed by atoms with Crippen molar-refractivity contribution in [3.63, 3.8) is 0 Å². The largest absolute Gasteiger partial charge is 0.480 e. The number of aliphatic carboxylic acids is 1. The van der Waals surface area contributed by atoms with Gasteiger partial charge in [-0.15, -0.1) is 0 Å². The fraction of sp³-hybridized carbons (Fsp3) is 0.545. The molecule has 0 amide bonds. The predicted molar refractivity (Wildman–Crippen MR) is 62.0 cm³/mol. The van der Waals surface area contributed by atoms with Crippen LogP contribution in [0.2, 0.25) is 0 Å². The van der Waals surface area contributed by atoms with Gasteiger partial charge in [0.05, 0.1) is 17.3 Å². The van der Waals surface area contributed by atoms with Crippen LogP contribution in [0.1, 0.15) is 19.1 Å². The highest BCUT2D eigenvalue weighted by atomic mass is 79.9. The molecule has 5 heteroatoms. The van der Waals surface area contributed by atoms with Gasteiger partial charge in [-0.05, 0) is 40.9 Å². The minimum absolute atomic E-state index is 0.200. The van der Waals surface area contributed by atoms with E-state index in [2.05, 4.69) is 15.9 Å². The first-order chi connectivity index (χ1) is 7.59. The molecule has 2 atom stereocenters. The maximum atomic E-state index is 11.2. The minimum Gasteiger partial charge on any atom is -0.480 e. The van der Waals surface area contributed by atoms with Crippen LogP contribution < -0.4 is 0 Å². The SMILES string of the molecule is CC1CCN(Cc2occc2Br)C1C(=O)O. The highest BCUT2D eigenvalue weighted by Crippen LogP contribution is 2.28. The van der Waals surface area contributed by atoms with Crippen molar-refractivity contribution in [1.29, 1.82) is 0 Å². The van der Waals surface area contributed by atoms with Gasteiger partial charge >= 0.3 is 5.97 Å². The van der Waals surface area contributed by atoms with E-state index in [1.165, 1.54) is 0 Å². The molecule has 1 aromatic rings. The number of likely N-dealkylation sites (tertiary alicyclic amines) is 1. The summed E-state index contributed by atoms with van der Waals surface area (Å²) in [6.45, 7) is 3.34. The van der Waals surface area contributed by atoms with Crippen LogP contribution in [0.15, 0.2) is 21.2 Å². The Morgan fingerprint density at radius 1 is 1.75 bits per heavy atom. The minimum atomic E-state index is -0.743. The average molecular weight is 288 g/mol. The smallest absolute Gasteiger partial charge is 0.321 e.